The molecule has 1 unspecified atom stereocenters. The maximum absolute atomic E-state index is 11.5. The Morgan fingerprint density at radius 1 is 1.25 bits per heavy atom. The van der Waals surface area contributed by atoms with Crippen LogP contribution in [0.1, 0.15) is 19.4 Å². The van der Waals surface area contributed by atoms with E-state index in [0.29, 0.717) is 6.54 Å². The summed E-state index contributed by atoms with van der Waals surface area (Å²) >= 11 is 0. The Morgan fingerprint density at radius 2 is 1.96 bits per heavy atom. The molecule has 3 rings (SSSR count). The first-order chi connectivity index (χ1) is 11.7. The van der Waals surface area contributed by atoms with Gasteiger partial charge in [-0.05, 0) is 18.6 Å². The number of ether oxygens (including phenoxy) is 1. The Kier molecular flexibility index (Phi) is 5.23. The number of piperazine rings is 1. The lowest BCUT2D eigenvalue weighted by atomic mass is 10.1. The predicted octanol–water partition coefficient (Wildman–Crippen LogP) is 1.12. The summed E-state index contributed by atoms with van der Waals surface area (Å²) in [6.07, 6.45) is 1.02. The number of nitrogens with one attached hydrogen (secondary N) is 1. The van der Waals surface area contributed by atoms with Gasteiger partial charge in [-0.3, -0.25) is 4.79 Å². The Hall–Kier alpha value is -2.24. The van der Waals surface area contributed by atoms with Crippen LogP contribution in [-0.2, 0) is 11.2 Å². The fourth-order valence-electron chi connectivity index (χ4n) is 3.20. The molecule has 6 heteroatoms. The summed E-state index contributed by atoms with van der Waals surface area (Å²) in [4.78, 5) is 20.3. The second-order valence-corrected chi connectivity index (χ2v) is 6.24. The lowest BCUT2D eigenvalue weighted by Crippen LogP contribution is -2.53. The maximum atomic E-state index is 11.5. The van der Waals surface area contributed by atoms with Gasteiger partial charge < -0.3 is 19.9 Å². The average molecular weight is 330 g/mol. The number of hydrogen-bond acceptors (Lipinski definition) is 3. The number of guanidine groups is 1. The van der Waals surface area contributed by atoms with Crippen LogP contribution in [0.15, 0.2) is 29.3 Å². The van der Waals surface area contributed by atoms with Crippen molar-refractivity contribution in [3.05, 3.63) is 29.8 Å². The Bertz CT molecular complexity index is 584. The van der Waals surface area contributed by atoms with Crippen molar-refractivity contribution in [1.29, 1.82) is 0 Å². The van der Waals surface area contributed by atoms with Crippen LogP contribution in [0.5, 0.6) is 5.75 Å². The summed E-state index contributed by atoms with van der Waals surface area (Å²) in [5.74, 6) is 2.05. The van der Waals surface area contributed by atoms with Gasteiger partial charge in [-0.2, -0.15) is 0 Å². The minimum atomic E-state index is 0.106. The molecule has 1 saturated heterocycles. The van der Waals surface area contributed by atoms with Crippen LogP contribution in [0.2, 0.25) is 0 Å². The number of amides is 1. The molecule has 1 atom stereocenters. The van der Waals surface area contributed by atoms with Gasteiger partial charge in [0.25, 0.3) is 0 Å². The first kappa shape index (κ1) is 16.6. The molecule has 1 aromatic carbocycles. The summed E-state index contributed by atoms with van der Waals surface area (Å²) in [5, 5.41) is 3.36. The van der Waals surface area contributed by atoms with Crippen LogP contribution in [0.4, 0.5) is 0 Å². The smallest absolute Gasteiger partial charge is 0.219 e. The predicted molar refractivity (Wildman–Crippen MR) is 94.4 cm³/mol. The fourth-order valence-corrected chi connectivity index (χ4v) is 3.20. The minimum Gasteiger partial charge on any atom is -0.488 e. The third-order valence-electron chi connectivity index (χ3n) is 4.52. The molecule has 2 heterocycles. The highest BCUT2D eigenvalue weighted by molar-refractivity contribution is 5.80. The first-order valence-corrected chi connectivity index (χ1v) is 8.70. The molecule has 0 aromatic heterocycles. The zero-order valence-electron chi connectivity index (χ0n) is 14.5. The van der Waals surface area contributed by atoms with E-state index < -0.39 is 0 Å². The molecule has 1 amide bonds. The van der Waals surface area contributed by atoms with Crippen LogP contribution in [0.3, 0.4) is 0 Å². The minimum absolute atomic E-state index is 0.106. The number of fused-ring (bicyclic) bond motifs is 1. The highest BCUT2D eigenvalue weighted by Gasteiger charge is 2.24. The second kappa shape index (κ2) is 7.55. The van der Waals surface area contributed by atoms with Gasteiger partial charge in [0.15, 0.2) is 5.96 Å². The quantitative estimate of drug-likeness (QED) is 0.666. The van der Waals surface area contributed by atoms with Crippen LogP contribution in [0.25, 0.3) is 0 Å². The maximum Gasteiger partial charge on any atom is 0.219 e. The van der Waals surface area contributed by atoms with Crippen molar-refractivity contribution in [3.63, 3.8) is 0 Å². The van der Waals surface area contributed by atoms with E-state index in [2.05, 4.69) is 23.2 Å². The van der Waals surface area contributed by atoms with Crippen molar-refractivity contribution in [2.45, 2.75) is 26.4 Å². The SMILES string of the molecule is CCNC(=NCC1Cc2ccccc2O1)N1CCN(C(C)=O)CC1. The zero-order chi connectivity index (χ0) is 16.9. The third-order valence-corrected chi connectivity index (χ3v) is 4.52. The van der Waals surface area contributed by atoms with Gasteiger partial charge in [0.2, 0.25) is 5.91 Å². The molecule has 1 aromatic rings. The van der Waals surface area contributed by atoms with Gasteiger partial charge in [0, 0.05) is 46.1 Å². The first-order valence-electron chi connectivity index (χ1n) is 8.70. The summed E-state index contributed by atoms with van der Waals surface area (Å²) in [6, 6.07) is 8.19. The standard InChI is InChI=1S/C18H26N4O2/c1-3-19-18(22-10-8-21(9-11-22)14(2)23)20-13-16-12-15-6-4-5-7-17(15)24-16/h4-7,16H,3,8-13H2,1-2H3,(H,19,20). The van der Waals surface area contributed by atoms with Gasteiger partial charge >= 0.3 is 0 Å². The molecule has 24 heavy (non-hydrogen) atoms. The number of rotatable bonds is 3. The number of carbonyl (C=O) groups is 1. The van der Waals surface area contributed by atoms with E-state index >= 15 is 0 Å². The molecule has 1 fully saturated rings. The van der Waals surface area contributed by atoms with Crippen molar-refractivity contribution < 1.29 is 9.53 Å². The van der Waals surface area contributed by atoms with Gasteiger partial charge in [-0.15, -0.1) is 0 Å². The lowest BCUT2D eigenvalue weighted by molar-refractivity contribution is -0.130. The van der Waals surface area contributed by atoms with Gasteiger partial charge in [0.05, 0.1) is 6.54 Å². The molecular formula is C18H26N4O2. The van der Waals surface area contributed by atoms with Crippen molar-refractivity contribution in [3.8, 4) is 5.75 Å². The highest BCUT2D eigenvalue weighted by atomic mass is 16.5. The van der Waals surface area contributed by atoms with Crippen molar-refractivity contribution >= 4 is 11.9 Å². The summed E-state index contributed by atoms with van der Waals surface area (Å²) in [6.45, 7) is 8.32. The highest BCUT2D eigenvalue weighted by Crippen LogP contribution is 2.28. The normalized spacial score (nSPS) is 20.6. The Balaban J connectivity index is 1.58. The van der Waals surface area contributed by atoms with Gasteiger partial charge in [0.1, 0.15) is 11.9 Å². The molecule has 0 aliphatic carbocycles. The number of nitrogens with zero attached hydrogens (tertiary/aromatic N) is 3. The number of hydrogen-bond donors (Lipinski definition) is 1. The number of para-hydroxylation sites is 1. The molecule has 0 spiro atoms. The van der Waals surface area contributed by atoms with E-state index in [9.17, 15) is 4.79 Å². The topological polar surface area (TPSA) is 57.2 Å². The average Bonchev–Trinajstić information content (AvgIpc) is 3.01. The van der Waals surface area contributed by atoms with Crippen molar-refractivity contribution in [1.82, 2.24) is 15.1 Å². The number of benzene rings is 1. The monoisotopic (exact) mass is 330 g/mol. The van der Waals surface area contributed by atoms with E-state index in [-0.39, 0.29) is 12.0 Å². The molecule has 2 aliphatic heterocycles. The van der Waals surface area contributed by atoms with Crippen LogP contribution >= 0.6 is 0 Å². The molecule has 6 nitrogen and oxygen atoms in total. The largest absolute Gasteiger partial charge is 0.488 e. The van der Waals surface area contributed by atoms with Crippen molar-refractivity contribution in [2.24, 2.45) is 4.99 Å². The lowest BCUT2D eigenvalue weighted by Gasteiger charge is -2.36. The number of aliphatic imine (C=N–C) groups is 1. The zero-order valence-corrected chi connectivity index (χ0v) is 14.5. The van der Waals surface area contributed by atoms with Crippen LogP contribution in [0, 0.1) is 0 Å². The van der Waals surface area contributed by atoms with E-state index in [1.54, 1.807) is 6.92 Å². The fraction of sp³-hybridized carbons (Fsp3) is 0.556. The molecule has 1 N–H and O–H groups in total. The van der Waals surface area contributed by atoms with Crippen LogP contribution < -0.4 is 10.1 Å². The second-order valence-electron chi connectivity index (χ2n) is 6.24. The summed E-state index contributed by atoms with van der Waals surface area (Å²) in [5.41, 5.74) is 1.26. The molecule has 130 valence electrons. The van der Waals surface area contributed by atoms with Crippen molar-refractivity contribution in [2.75, 3.05) is 39.3 Å². The van der Waals surface area contributed by atoms with Gasteiger partial charge in [-0.1, -0.05) is 18.2 Å². The van der Waals surface area contributed by atoms with E-state index in [0.717, 1.165) is 50.9 Å². The molecular weight excluding hydrogens is 304 g/mol. The van der Waals surface area contributed by atoms with E-state index in [4.69, 9.17) is 9.73 Å². The molecule has 0 radical (unpaired) electrons. The molecule has 0 bridgehead atoms. The molecule has 2 aliphatic rings. The summed E-state index contributed by atoms with van der Waals surface area (Å²) < 4.78 is 5.97. The third kappa shape index (κ3) is 3.80. The Labute approximate surface area is 143 Å². The molecule has 0 saturated carbocycles. The van der Waals surface area contributed by atoms with Crippen LogP contribution in [-0.4, -0.2) is 67.0 Å². The Morgan fingerprint density at radius 3 is 2.62 bits per heavy atom. The number of carbonyl (C=O) groups excluding carboxylic acids is 1. The van der Waals surface area contributed by atoms with E-state index in [1.165, 1.54) is 5.56 Å². The van der Waals surface area contributed by atoms with Gasteiger partial charge in [-0.25, -0.2) is 4.99 Å². The van der Waals surface area contributed by atoms with E-state index in [1.807, 2.05) is 23.1 Å². The summed E-state index contributed by atoms with van der Waals surface area (Å²) in [7, 11) is 0.